The van der Waals surface area contributed by atoms with E-state index in [0.717, 1.165) is 16.7 Å². The van der Waals surface area contributed by atoms with Crippen molar-refractivity contribution in [2.75, 3.05) is 11.9 Å². The van der Waals surface area contributed by atoms with Gasteiger partial charge in [0.2, 0.25) is 0 Å². The van der Waals surface area contributed by atoms with Crippen LogP contribution in [0.3, 0.4) is 0 Å². The summed E-state index contributed by atoms with van der Waals surface area (Å²) in [5.41, 5.74) is 3.40. The molecular weight excluding hydrogens is 392 g/mol. The molecule has 2 heterocycles. The van der Waals surface area contributed by atoms with Crippen LogP contribution in [0.15, 0.2) is 73.2 Å². The Labute approximate surface area is 170 Å². The van der Waals surface area contributed by atoms with Crippen LogP contribution in [-0.2, 0) is 9.53 Å². The number of nitrogens with one attached hydrogen (secondary N) is 1. The zero-order chi connectivity index (χ0) is 20.2. The molecule has 0 spiro atoms. The summed E-state index contributed by atoms with van der Waals surface area (Å²) < 4.78 is 7.00. The Morgan fingerprint density at radius 3 is 2.59 bits per heavy atom. The number of imidazole rings is 1. The molecule has 4 aromatic rings. The monoisotopic (exact) mass is 406 g/mol. The maximum absolute atomic E-state index is 12.2. The lowest BCUT2D eigenvalue weighted by Crippen LogP contribution is -2.21. The first-order chi connectivity index (χ1) is 14.1. The van der Waals surface area contributed by atoms with Crippen molar-refractivity contribution in [3.63, 3.8) is 0 Å². The predicted molar refractivity (Wildman–Crippen MR) is 109 cm³/mol. The van der Waals surface area contributed by atoms with Gasteiger partial charge in [-0.15, -0.1) is 0 Å². The summed E-state index contributed by atoms with van der Waals surface area (Å²) in [6.45, 7) is -0.433. The van der Waals surface area contributed by atoms with E-state index in [0.29, 0.717) is 11.3 Å². The fraction of sp³-hybridized carbons (Fsp3) is 0.0476. The molecule has 0 fully saturated rings. The zero-order valence-corrected chi connectivity index (χ0v) is 15.8. The minimum atomic E-state index is -0.598. The van der Waals surface area contributed by atoms with Crippen LogP contribution in [0.5, 0.6) is 0 Å². The number of carbonyl (C=O) groups excluding carboxylic acids is 2. The van der Waals surface area contributed by atoms with Crippen LogP contribution in [0.25, 0.3) is 16.7 Å². The number of anilines is 1. The average molecular weight is 407 g/mol. The maximum Gasteiger partial charge on any atom is 0.338 e. The molecule has 2 aromatic carbocycles. The van der Waals surface area contributed by atoms with E-state index in [1.165, 1.54) is 6.20 Å². The lowest BCUT2D eigenvalue weighted by Gasteiger charge is -2.08. The van der Waals surface area contributed by atoms with Crippen molar-refractivity contribution in [1.29, 1.82) is 0 Å². The normalized spacial score (nSPS) is 10.7. The number of aromatic nitrogens is 3. The Balaban J connectivity index is 1.39. The second-order valence-electron chi connectivity index (χ2n) is 6.12. The van der Waals surface area contributed by atoms with Gasteiger partial charge in [0, 0.05) is 11.9 Å². The van der Waals surface area contributed by atoms with E-state index in [4.69, 9.17) is 16.3 Å². The van der Waals surface area contributed by atoms with Crippen molar-refractivity contribution in [1.82, 2.24) is 14.5 Å². The number of carbonyl (C=O) groups is 2. The number of amides is 1. The minimum absolute atomic E-state index is 0.162. The molecule has 7 nitrogen and oxygen atoms in total. The van der Waals surface area contributed by atoms with Crippen LogP contribution in [0.1, 0.15) is 10.4 Å². The van der Waals surface area contributed by atoms with Gasteiger partial charge in [-0.05, 0) is 48.5 Å². The van der Waals surface area contributed by atoms with Gasteiger partial charge in [-0.1, -0.05) is 23.7 Å². The molecule has 0 aliphatic rings. The summed E-state index contributed by atoms with van der Waals surface area (Å²) in [7, 11) is 0. The van der Waals surface area contributed by atoms with Crippen LogP contribution in [-0.4, -0.2) is 33.0 Å². The van der Waals surface area contributed by atoms with Gasteiger partial charge in [0.15, 0.2) is 11.8 Å². The third kappa shape index (κ3) is 4.09. The van der Waals surface area contributed by atoms with Crippen LogP contribution >= 0.6 is 11.6 Å². The fourth-order valence-electron chi connectivity index (χ4n) is 2.80. The van der Waals surface area contributed by atoms with Gasteiger partial charge in [-0.25, -0.2) is 14.8 Å². The second-order valence-corrected chi connectivity index (χ2v) is 6.47. The summed E-state index contributed by atoms with van der Waals surface area (Å²) in [6.07, 6.45) is 3.24. The van der Waals surface area contributed by atoms with Gasteiger partial charge >= 0.3 is 5.97 Å². The Morgan fingerprint density at radius 2 is 1.79 bits per heavy atom. The largest absolute Gasteiger partial charge is 0.452 e. The summed E-state index contributed by atoms with van der Waals surface area (Å²) >= 11 is 5.88. The molecule has 0 saturated carbocycles. The number of benzene rings is 2. The van der Waals surface area contributed by atoms with E-state index in [-0.39, 0.29) is 5.15 Å². The van der Waals surface area contributed by atoms with Gasteiger partial charge in [0.25, 0.3) is 5.91 Å². The van der Waals surface area contributed by atoms with E-state index >= 15 is 0 Å². The molecule has 1 N–H and O–H groups in total. The smallest absolute Gasteiger partial charge is 0.338 e. The number of esters is 1. The number of hydrogen-bond donors (Lipinski definition) is 1. The summed E-state index contributed by atoms with van der Waals surface area (Å²) in [6, 6.07) is 17.9. The first-order valence-corrected chi connectivity index (χ1v) is 9.09. The zero-order valence-electron chi connectivity index (χ0n) is 15.1. The molecular formula is C21H15ClN4O3. The number of nitrogens with zero attached hydrogens (tertiary/aromatic N) is 3. The molecule has 29 heavy (non-hydrogen) atoms. The van der Waals surface area contributed by atoms with Crippen molar-refractivity contribution in [2.45, 2.75) is 0 Å². The number of para-hydroxylation sites is 2. The standard InChI is InChI=1S/C21H15ClN4O3/c22-20-17(5-3-11-23-20)25-19(27)12-29-21(28)14-7-9-15(10-8-14)26-13-24-16-4-1-2-6-18(16)26/h1-11,13H,12H2,(H,25,27). The molecule has 0 aliphatic carbocycles. The maximum atomic E-state index is 12.2. The molecule has 0 bridgehead atoms. The van der Waals surface area contributed by atoms with Crippen LogP contribution in [0.4, 0.5) is 5.69 Å². The van der Waals surface area contributed by atoms with Gasteiger partial charge in [0.05, 0.1) is 22.3 Å². The molecule has 0 saturated heterocycles. The van der Waals surface area contributed by atoms with E-state index < -0.39 is 18.5 Å². The lowest BCUT2D eigenvalue weighted by molar-refractivity contribution is -0.119. The number of rotatable bonds is 5. The molecule has 0 aliphatic heterocycles. The highest BCUT2D eigenvalue weighted by atomic mass is 35.5. The SMILES string of the molecule is O=C(COC(=O)c1ccc(-n2cnc3ccccc32)cc1)Nc1cccnc1Cl. The highest BCUT2D eigenvalue weighted by Gasteiger charge is 2.12. The van der Waals surface area contributed by atoms with Crippen molar-refractivity contribution in [3.8, 4) is 5.69 Å². The first kappa shape index (κ1) is 18.6. The second kappa shape index (κ2) is 8.12. The van der Waals surface area contributed by atoms with Gasteiger partial charge in [-0.3, -0.25) is 9.36 Å². The molecule has 2 aromatic heterocycles. The van der Waals surface area contributed by atoms with Gasteiger partial charge in [0.1, 0.15) is 6.33 Å². The molecule has 8 heteroatoms. The fourth-order valence-corrected chi connectivity index (χ4v) is 2.97. The van der Waals surface area contributed by atoms with E-state index in [1.54, 1.807) is 42.7 Å². The van der Waals surface area contributed by atoms with Crippen molar-refractivity contribution in [3.05, 3.63) is 83.9 Å². The van der Waals surface area contributed by atoms with E-state index in [9.17, 15) is 9.59 Å². The lowest BCUT2D eigenvalue weighted by atomic mass is 10.2. The third-order valence-corrected chi connectivity index (χ3v) is 4.50. The number of hydrogen-bond acceptors (Lipinski definition) is 5. The topological polar surface area (TPSA) is 86.1 Å². The summed E-state index contributed by atoms with van der Waals surface area (Å²) in [4.78, 5) is 32.4. The molecule has 0 unspecified atom stereocenters. The number of fused-ring (bicyclic) bond motifs is 1. The Hall–Kier alpha value is -3.71. The summed E-state index contributed by atoms with van der Waals surface area (Å²) in [5.74, 6) is -1.10. The Kier molecular flexibility index (Phi) is 5.22. The van der Waals surface area contributed by atoms with Crippen molar-refractivity contribution in [2.24, 2.45) is 0 Å². The highest BCUT2D eigenvalue weighted by molar-refractivity contribution is 6.32. The van der Waals surface area contributed by atoms with Gasteiger partial charge < -0.3 is 10.1 Å². The molecule has 4 rings (SSSR count). The quantitative estimate of drug-likeness (QED) is 0.401. The van der Waals surface area contributed by atoms with Gasteiger partial charge in [-0.2, -0.15) is 0 Å². The first-order valence-electron chi connectivity index (χ1n) is 8.72. The predicted octanol–water partition coefficient (Wildman–Crippen LogP) is 3.87. The average Bonchev–Trinajstić information content (AvgIpc) is 3.18. The molecule has 0 atom stereocenters. The van der Waals surface area contributed by atoms with Crippen LogP contribution < -0.4 is 5.32 Å². The van der Waals surface area contributed by atoms with Crippen molar-refractivity contribution < 1.29 is 14.3 Å². The molecule has 1 amide bonds. The molecule has 144 valence electrons. The van der Waals surface area contributed by atoms with E-state index in [1.807, 2.05) is 28.8 Å². The summed E-state index contributed by atoms with van der Waals surface area (Å²) in [5, 5.41) is 2.70. The van der Waals surface area contributed by atoms with Crippen molar-refractivity contribution >= 4 is 40.2 Å². The Bertz CT molecular complexity index is 1190. The minimum Gasteiger partial charge on any atom is -0.452 e. The highest BCUT2D eigenvalue weighted by Crippen LogP contribution is 2.19. The molecule has 0 radical (unpaired) electrons. The number of pyridine rings is 1. The van der Waals surface area contributed by atoms with Crippen LogP contribution in [0, 0.1) is 0 Å². The number of ether oxygens (including phenoxy) is 1. The van der Waals surface area contributed by atoms with E-state index in [2.05, 4.69) is 15.3 Å². The van der Waals surface area contributed by atoms with Crippen LogP contribution in [0.2, 0.25) is 5.15 Å². The Morgan fingerprint density at radius 1 is 1.00 bits per heavy atom. The third-order valence-electron chi connectivity index (χ3n) is 4.20. The number of halogens is 1.